The van der Waals surface area contributed by atoms with Crippen molar-refractivity contribution in [2.45, 2.75) is 18.9 Å². The molecule has 1 saturated carbocycles. The molecule has 4 aromatic rings. The van der Waals surface area contributed by atoms with Crippen LogP contribution < -0.4 is 10.2 Å². The molecule has 2 N–H and O–H groups in total. The largest absolute Gasteiger partial charge is 0.507 e. The fourth-order valence-electron chi connectivity index (χ4n) is 4.30. The molecular weight excluding hydrogens is 477 g/mol. The van der Waals surface area contributed by atoms with E-state index in [4.69, 9.17) is 0 Å². The first-order valence-corrected chi connectivity index (χ1v) is 10.8. The summed E-state index contributed by atoms with van der Waals surface area (Å²) in [4.78, 5) is 11.3. The minimum absolute atomic E-state index is 0. The van der Waals surface area contributed by atoms with Crippen molar-refractivity contribution in [1.82, 2.24) is 40.5 Å². The smallest absolute Gasteiger partial charge is 0.245 e. The third-order valence-electron chi connectivity index (χ3n) is 6.27. The number of rotatable bonds is 4. The molecule has 2 aliphatic rings. The molecule has 12 heteroatoms. The van der Waals surface area contributed by atoms with Crippen LogP contribution in [0.2, 0.25) is 0 Å². The number of pyridine rings is 1. The van der Waals surface area contributed by atoms with Gasteiger partial charge in [-0.15, -0.1) is 40.1 Å². The van der Waals surface area contributed by atoms with Crippen LogP contribution in [0.5, 0.6) is 5.75 Å². The van der Waals surface area contributed by atoms with Gasteiger partial charge in [-0.25, -0.2) is 14.6 Å². The molecule has 34 heavy (non-hydrogen) atoms. The number of nitrogens with one attached hydrogen (secondary N) is 1. The summed E-state index contributed by atoms with van der Waals surface area (Å²) in [5.41, 5.74) is 4.02. The zero-order valence-corrected chi connectivity index (χ0v) is 20.1. The van der Waals surface area contributed by atoms with E-state index in [0.717, 1.165) is 36.6 Å². The maximum Gasteiger partial charge on any atom is 0.245 e. The number of anilines is 1. The number of hydrogen-bond donors (Lipinski definition) is 2. The van der Waals surface area contributed by atoms with E-state index in [1.807, 2.05) is 31.3 Å². The van der Waals surface area contributed by atoms with E-state index in [1.54, 1.807) is 16.9 Å². The van der Waals surface area contributed by atoms with Crippen molar-refractivity contribution in [3.63, 3.8) is 0 Å². The minimum Gasteiger partial charge on any atom is -0.507 e. The summed E-state index contributed by atoms with van der Waals surface area (Å²) in [5, 5.41) is 31.0. The molecule has 0 spiro atoms. The lowest BCUT2D eigenvalue weighted by Gasteiger charge is -2.33. The van der Waals surface area contributed by atoms with Gasteiger partial charge in [0.2, 0.25) is 11.6 Å². The minimum atomic E-state index is 0. The van der Waals surface area contributed by atoms with Crippen LogP contribution in [-0.2, 0) is 7.05 Å². The second-order valence-corrected chi connectivity index (χ2v) is 8.47. The molecular formula is C22H25Cl2N9O. The highest BCUT2D eigenvalue weighted by atomic mass is 35.5. The van der Waals surface area contributed by atoms with Gasteiger partial charge in [0.1, 0.15) is 17.0 Å². The first-order chi connectivity index (χ1) is 15.7. The van der Waals surface area contributed by atoms with Crippen LogP contribution in [0.15, 0.2) is 36.5 Å². The molecule has 1 atom stereocenters. The standard InChI is InChI=1S/C22H23N9O.2ClH/c1-30-19-7-6-16(25-21(19)27-29-30)14-4-5-15(20(32)10-14)17-11-24-22(28-26-17)31-9-8-23-18(12-31)13-2-3-13;;/h4-7,10-11,13,18,23,32H,2-3,8-9,12H2,1H3;2*1H/t18-;;/m1../s1. The molecule has 1 aromatic carbocycles. The Labute approximate surface area is 208 Å². The molecule has 178 valence electrons. The highest BCUT2D eigenvalue weighted by Crippen LogP contribution is 2.34. The monoisotopic (exact) mass is 501 g/mol. The molecule has 0 radical (unpaired) electrons. The zero-order valence-electron chi connectivity index (χ0n) is 18.5. The number of nitrogens with zero attached hydrogens (tertiary/aromatic N) is 8. The predicted molar refractivity (Wildman–Crippen MR) is 133 cm³/mol. The lowest BCUT2D eigenvalue weighted by atomic mass is 10.1. The van der Waals surface area contributed by atoms with Gasteiger partial charge in [-0.1, -0.05) is 11.3 Å². The fraction of sp³-hybridized carbons (Fsp3) is 0.364. The Morgan fingerprint density at radius 1 is 1.03 bits per heavy atom. The van der Waals surface area contributed by atoms with Crippen LogP contribution in [0.4, 0.5) is 5.95 Å². The number of benzene rings is 1. The number of aromatic nitrogens is 7. The Morgan fingerprint density at radius 3 is 2.62 bits per heavy atom. The predicted octanol–water partition coefficient (Wildman–Crippen LogP) is 2.62. The third-order valence-corrected chi connectivity index (χ3v) is 6.27. The summed E-state index contributed by atoms with van der Waals surface area (Å²) in [6.45, 7) is 2.71. The topological polar surface area (TPSA) is 118 Å². The van der Waals surface area contributed by atoms with E-state index in [1.165, 1.54) is 12.8 Å². The normalized spacial score (nSPS) is 17.8. The van der Waals surface area contributed by atoms with Crippen molar-refractivity contribution < 1.29 is 5.11 Å². The van der Waals surface area contributed by atoms with Crippen LogP contribution in [0.3, 0.4) is 0 Å². The summed E-state index contributed by atoms with van der Waals surface area (Å²) in [6.07, 6.45) is 4.29. The number of phenols is 1. The molecule has 2 fully saturated rings. The molecule has 1 saturated heterocycles. The van der Waals surface area contributed by atoms with Gasteiger partial charge in [-0.05, 0) is 43.0 Å². The third kappa shape index (κ3) is 4.48. The Balaban J connectivity index is 0.00000137. The molecule has 4 heterocycles. The highest BCUT2D eigenvalue weighted by molar-refractivity contribution is 5.85. The molecule has 1 aliphatic carbocycles. The number of hydrogen-bond acceptors (Lipinski definition) is 9. The van der Waals surface area contributed by atoms with Gasteiger partial charge in [-0.2, -0.15) is 0 Å². The highest BCUT2D eigenvalue weighted by Gasteiger charge is 2.34. The Hall–Kier alpha value is -3.08. The van der Waals surface area contributed by atoms with E-state index in [2.05, 4.69) is 40.7 Å². The summed E-state index contributed by atoms with van der Waals surface area (Å²) in [7, 11) is 1.82. The van der Waals surface area contributed by atoms with Gasteiger partial charge in [0.15, 0.2) is 0 Å². The van der Waals surface area contributed by atoms with Gasteiger partial charge in [0.25, 0.3) is 0 Å². The van der Waals surface area contributed by atoms with Crippen molar-refractivity contribution in [3.05, 3.63) is 36.5 Å². The van der Waals surface area contributed by atoms with Crippen LogP contribution in [0, 0.1) is 5.92 Å². The van der Waals surface area contributed by atoms with Crippen LogP contribution in [0.25, 0.3) is 33.7 Å². The van der Waals surface area contributed by atoms with E-state index in [9.17, 15) is 5.11 Å². The second-order valence-electron chi connectivity index (χ2n) is 8.47. The molecule has 0 unspecified atom stereocenters. The molecule has 6 rings (SSSR count). The van der Waals surface area contributed by atoms with Gasteiger partial charge in [0.05, 0.1) is 11.9 Å². The fourth-order valence-corrected chi connectivity index (χ4v) is 4.30. The maximum atomic E-state index is 10.7. The van der Waals surface area contributed by atoms with Crippen molar-refractivity contribution in [2.75, 3.05) is 24.5 Å². The molecule has 10 nitrogen and oxygen atoms in total. The van der Waals surface area contributed by atoms with Gasteiger partial charge < -0.3 is 15.3 Å². The Kier molecular flexibility index (Phi) is 6.83. The number of phenolic OH excluding ortho intramolecular Hbond substituents is 1. The summed E-state index contributed by atoms with van der Waals surface area (Å²) < 4.78 is 1.68. The maximum absolute atomic E-state index is 10.7. The quantitative estimate of drug-likeness (QED) is 0.434. The lowest BCUT2D eigenvalue weighted by molar-refractivity contribution is 0.414. The lowest BCUT2D eigenvalue weighted by Crippen LogP contribution is -2.52. The van der Waals surface area contributed by atoms with E-state index in [0.29, 0.717) is 34.6 Å². The van der Waals surface area contributed by atoms with Gasteiger partial charge >= 0.3 is 0 Å². The van der Waals surface area contributed by atoms with E-state index >= 15 is 0 Å². The van der Waals surface area contributed by atoms with Crippen molar-refractivity contribution in [2.24, 2.45) is 13.0 Å². The summed E-state index contributed by atoms with van der Waals surface area (Å²) >= 11 is 0. The van der Waals surface area contributed by atoms with Crippen molar-refractivity contribution in [1.29, 1.82) is 0 Å². The SMILES string of the molecule is Cl.Cl.Cn1nnc2nc(-c3ccc(-c4cnc(N5CCN[C@@H](C6CC6)C5)nn4)c(O)c3)ccc21. The number of halogens is 2. The molecule has 0 bridgehead atoms. The van der Waals surface area contributed by atoms with Crippen molar-refractivity contribution >= 4 is 41.9 Å². The number of fused-ring (bicyclic) bond motifs is 1. The van der Waals surface area contributed by atoms with Gasteiger partial charge in [0, 0.05) is 43.9 Å². The van der Waals surface area contributed by atoms with Crippen LogP contribution in [-0.4, -0.2) is 65.9 Å². The van der Waals surface area contributed by atoms with E-state index in [-0.39, 0.29) is 30.6 Å². The zero-order chi connectivity index (χ0) is 21.7. The Morgan fingerprint density at radius 2 is 1.88 bits per heavy atom. The van der Waals surface area contributed by atoms with Gasteiger partial charge in [-0.3, -0.25) is 0 Å². The average Bonchev–Trinajstić information content (AvgIpc) is 3.62. The van der Waals surface area contributed by atoms with Crippen LogP contribution >= 0.6 is 24.8 Å². The average molecular weight is 502 g/mol. The summed E-state index contributed by atoms with van der Waals surface area (Å²) in [5.74, 6) is 1.52. The van der Waals surface area contributed by atoms with Crippen LogP contribution in [0.1, 0.15) is 12.8 Å². The number of piperazine rings is 1. The van der Waals surface area contributed by atoms with E-state index < -0.39 is 0 Å². The number of aromatic hydroxyl groups is 1. The molecule has 3 aromatic heterocycles. The first-order valence-electron chi connectivity index (χ1n) is 10.8. The van der Waals surface area contributed by atoms with Crippen molar-refractivity contribution in [3.8, 4) is 28.3 Å². The second kappa shape index (κ2) is 9.65. The number of aryl methyl sites for hydroxylation is 1. The summed E-state index contributed by atoms with van der Waals surface area (Å²) in [6, 6.07) is 9.70. The Bertz CT molecular complexity index is 1290. The first kappa shape index (κ1) is 24.1. The molecule has 0 amide bonds. The molecule has 1 aliphatic heterocycles.